The Hall–Kier alpha value is -1.09. The van der Waals surface area contributed by atoms with Gasteiger partial charge in [-0.2, -0.15) is 8.42 Å². The summed E-state index contributed by atoms with van der Waals surface area (Å²) in [7, 11) is -6.25. The van der Waals surface area contributed by atoms with Crippen LogP contribution in [0.2, 0.25) is 0 Å². The molecule has 0 saturated carbocycles. The molecular formula is C10H12F3O6PS. The zero-order chi connectivity index (χ0) is 16.1. The number of aryl methyl sites for hydroxylation is 1. The maximum absolute atomic E-state index is 12.3. The first kappa shape index (κ1) is 18.0. The van der Waals surface area contributed by atoms with Gasteiger partial charge in [0.2, 0.25) is 0 Å². The SMILES string of the molecule is CCc1cccc(OC(F)(F)F)c1S(=O)(=O)OCO[PH2]=O. The Labute approximate surface area is 120 Å². The third-order valence-electron chi connectivity index (χ3n) is 2.26. The number of halogens is 3. The van der Waals surface area contributed by atoms with Gasteiger partial charge in [0.25, 0.3) is 0 Å². The molecule has 0 saturated heterocycles. The summed E-state index contributed by atoms with van der Waals surface area (Å²) in [5, 5.41) is 0. The topological polar surface area (TPSA) is 78.9 Å². The van der Waals surface area contributed by atoms with E-state index in [1.165, 1.54) is 12.1 Å². The molecule has 0 bridgehead atoms. The van der Waals surface area contributed by atoms with E-state index in [-0.39, 0.29) is 12.0 Å². The molecular weight excluding hydrogens is 336 g/mol. The van der Waals surface area contributed by atoms with Gasteiger partial charge >= 0.3 is 16.5 Å². The molecule has 0 fully saturated rings. The first-order valence-corrected chi connectivity index (χ1v) is 7.88. The van der Waals surface area contributed by atoms with Crippen molar-refractivity contribution in [2.24, 2.45) is 0 Å². The Morgan fingerprint density at radius 2 is 1.95 bits per heavy atom. The van der Waals surface area contributed by atoms with Crippen LogP contribution in [0, 0.1) is 0 Å². The maximum Gasteiger partial charge on any atom is 0.573 e. The summed E-state index contributed by atoms with van der Waals surface area (Å²) in [6.07, 6.45) is -4.91. The first-order chi connectivity index (χ1) is 9.71. The van der Waals surface area contributed by atoms with Gasteiger partial charge in [0, 0.05) is 0 Å². The fourth-order valence-corrected chi connectivity index (χ4v) is 2.92. The number of benzene rings is 1. The molecule has 1 aromatic rings. The van der Waals surface area contributed by atoms with E-state index in [1.54, 1.807) is 6.92 Å². The Balaban J connectivity index is 3.27. The van der Waals surface area contributed by atoms with Gasteiger partial charge in [-0.25, -0.2) is 4.18 Å². The molecule has 0 aliphatic rings. The van der Waals surface area contributed by atoms with Crippen molar-refractivity contribution in [3.05, 3.63) is 23.8 Å². The van der Waals surface area contributed by atoms with Gasteiger partial charge < -0.3 is 9.26 Å². The van der Waals surface area contributed by atoms with Crippen molar-refractivity contribution in [3.63, 3.8) is 0 Å². The van der Waals surface area contributed by atoms with Crippen molar-refractivity contribution in [2.45, 2.75) is 24.6 Å². The Kier molecular flexibility index (Phi) is 6.21. The Morgan fingerprint density at radius 1 is 1.29 bits per heavy atom. The molecule has 1 rings (SSSR count). The molecule has 11 heteroatoms. The van der Waals surface area contributed by atoms with Crippen LogP contribution in [0.3, 0.4) is 0 Å². The molecule has 0 amide bonds. The van der Waals surface area contributed by atoms with Crippen LogP contribution in [-0.4, -0.2) is 21.6 Å². The van der Waals surface area contributed by atoms with Crippen LogP contribution < -0.4 is 4.74 Å². The van der Waals surface area contributed by atoms with Crippen molar-refractivity contribution in [2.75, 3.05) is 6.79 Å². The highest BCUT2D eigenvalue weighted by molar-refractivity contribution is 7.87. The van der Waals surface area contributed by atoms with Gasteiger partial charge in [0.05, 0.1) is 0 Å². The highest BCUT2D eigenvalue weighted by atomic mass is 32.2. The molecule has 1 atom stereocenters. The first-order valence-electron chi connectivity index (χ1n) is 5.53. The lowest BCUT2D eigenvalue weighted by Gasteiger charge is -2.15. The zero-order valence-corrected chi connectivity index (χ0v) is 12.7. The third kappa shape index (κ3) is 5.31. The highest BCUT2D eigenvalue weighted by Gasteiger charge is 2.35. The van der Waals surface area contributed by atoms with Crippen LogP contribution >= 0.6 is 8.69 Å². The van der Waals surface area contributed by atoms with Crippen molar-refractivity contribution in [1.29, 1.82) is 0 Å². The number of alkyl halides is 3. The summed E-state index contributed by atoms with van der Waals surface area (Å²) in [6.45, 7) is 0.703. The van der Waals surface area contributed by atoms with Crippen LogP contribution in [-0.2, 0) is 29.8 Å². The van der Waals surface area contributed by atoms with E-state index in [9.17, 15) is 26.2 Å². The second kappa shape index (κ2) is 7.26. The minimum Gasteiger partial charge on any atom is -0.404 e. The lowest BCUT2D eigenvalue weighted by Crippen LogP contribution is -2.20. The summed E-state index contributed by atoms with van der Waals surface area (Å²) in [6, 6.07) is 3.43. The predicted octanol–water partition coefficient (Wildman–Crippen LogP) is 2.50. The molecule has 6 nitrogen and oxygen atoms in total. The highest BCUT2D eigenvalue weighted by Crippen LogP contribution is 2.33. The summed E-state index contributed by atoms with van der Waals surface area (Å²) in [4.78, 5) is -0.727. The molecule has 1 aromatic carbocycles. The summed E-state index contributed by atoms with van der Waals surface area (Å²) in [5.41, 5.74) is 0.0891. The minimum atomic E-state index is -5.05. The quantitative estimate of drug-likeness (QED) is 0.326. The van der Waals surface area contributed by atoms with E-state index in [0.717, 1.165) is 6.07 Å². The third-order valence-corrected chi connectivity index (χ3v) is 3.90. The molecule has 21 heavy (non-hydrogen) atoms. The van der Waals surface area contributed by atoms with Crippen LogP contribution in [0.15, 0.2) is 23.1 Å². The minimum absolute atomic E-state index is 0.0891. The van der Waals surface area contributed by atoms with Gasteiger partial charge in [-0.1, -0.05) is 19.1 Å². The monoisotopic (exact) mass is 348 g/mol. The van der Waals surface area contributed by atoms with E-state index in [0.29, 0.717) is 0 Å². The predicted molar refractivity (Wildman–Crippen MR) is 67.1 cm³/mol. The molecule has 0 heterocycles. The summed E-state index contributed by atoms with van der Waals surface area (Å²) >= 11 is 0. The lowest BCUT2D eigenvalue weighted by molar-refractivity contribution is -0.275. The van der Waals surface area contributed by atoms with Gasteiger partial charge in [-0.3, -0.25) is 4.57 Å². The number of ether oxygens (including phenoxy) is 1. The van der Waals surface area contributed by atoms with Crippen LogP contribution in [0.1, 0.15) is 12.5 Å². The van der Waals surface area contributed by atoms with Crippen LogP contribution in [0.4, 0.5) is 13.2 Å². The number of hydrogen-bond donors (Lipinski definition) is 0. The maximum atomic E-state index is 12.3. The van der Waals surface area contributed by atoms with Gasteiger partial charge in [-0.15, -0.1) is 13.2 Å². The van der Waals surface area contributed by atoms with Crippen LogP contribution in [0.5, 0.6) is 5.75 Å². The number of hydrogen-bond acceptors (Lipinski definition) is 6. The van der Waals surface area contributed by atoms with E-state index >= 15 is 0 Å². The molecule has 1 unspecified atom stereocenters. The Morgan fingerprint density at radius 3 is 2.48 bits per heavy atom. The second-order valence-corrected chi connectivity index (χ2v) is 5.68. The van der Waals surface area contributed by atoms with Crippen molar-refractivity contribution < 1.29 is 39.6 Å². The molecule has 0 N–H and O–H groups in total. The van der Waals surface area contributed by atoms with E-state index in [2.05, 4.69) is 13.4 Å². The molecule has 0 aliphatic heterocycles. The van der Waals surface area contributed by atoms with Crippen molar-refractivity contribution in [3.8, 4) is 5.75 Å². The van der Waals surface area contributed by atoms with E-state index in [1.807, 2.05) is 0 Å². The molecule has 0 radical (unpaired) electrons. The van der Waals surface area contributed by atoms with E-state index in [4.69, 9.17) is 0 Å². The molecule has 0 spiro atoms. The molecule has 120 valence electrons. The number of rotatable bonds is 7. The lowest BCUT2D eigenvalue weighted by atomic mass is 10.1. The molecule has 0 aromatic heterocycles. The van der Waals surface area contributed by atoms with Gasteiger partial charge in [0.1, 0.15) is 4.90 Å². The Bertz CT molecular complexity index is 601. The standard InChI is InChI=1S/C10H12F3O6PS/c1-2-7-4-3-5-8(19-10(11,12)13)9(7)21(15,16)18-6-17-20-14/h3-5H,2,6,20H2,1H3. The van der Waals surface area contributed by atoms with Gasteiger partial charge in [-0.05, 0) is 18.1 Å². The summed E-state index contributed by atoms with van der Waals surface area (Å²) < 4.78 is 83.4. The smallest absolute Gasteiger partial charge is 0.404 e. The summed E-state index contributed by atoms with van der Waals surface area (Å²) in [5.74, 6) is -0.892. The van der Waals surface area contributed by atoms with Crippen LogP contribution in [0.25, 0.3) is 0 Å². The second-order valence-electron chi connectivity index (χ2n) is 3.60. The average molecular weight is 348 g/mol. The van der Waals surface area contributed by atoms with Gasteiger partial charge in [0.15, 0.2) is 21.2 Å². The fourth-order valence-electron chi connectivity index (χ4n) is 1.51. The van der Waals surface area contributed by atoms with E-state index < -0.39 is 42.6 Å². The van der Waals surface area contributed by atoms with Crippen molar-refractivity contribution >= 4 is 18.8 Å². The molecule has 0 aliphatic carbocycles. The largest absolute Gasteiger partial charge is 0.573 e. The normalized spacial score (nSPS) is 13.0. The van der Waals surface area contributed by atoms with Crippen molar-refractivity contribution in [1.82, 2.24) is 0 Å². The average Bonchev–Trinajstić information content (AvgIpc) is 2.36. The fraction of sp³-hybridized carbons (Fsp3) is 0.400. The zero-order valence-electron chi connectivity index (χ0n) is 10.7.